The fourth-order valence-electron chi connectivity index (χ4n) is 1.46. The van der Waals surface area contributed by atoms with Crippen molar-refractivity contribution in [2.24, 2.45) is 0 Å². The molecule has 3 atom stereocenters. The van der Waals surface area contributed by atoms with Crippen molar-refractivity contribution in [1.82, 2.24) is 0 Å². The molecule has 2 N–H and O–H groups in total. The maximum atomic E-state index is 9.31. The third kappa shape index (κ3) is 1.95. The van der Waals surface area contributed by atoms with Gasteiger partial charge in [-0.15, -0.1) is 0 Å². The van der Waals surface area contributed by atoms with Crippen LogP contribution in [0.1, 0.15) is 20.8 Å². The highest BCUT2D eigenvalue weighted by atomic mass is 16.8. The second-order valence-corrected chi connectivity index (χ2v) is 3.56. The molecule has 4 nitrogen and oxygen atoms in total. The first-order valence-electron chi connectivity index (χ1n) is 4.11. The molecular weight excluding hydrogens is 160 g/mol. The van der Waals surface area contributed by atoms with Crippen LogP contribution in [-0.4, -0.2) is 40.9 Å². The van der Waals surface area contributed by atoms with Crippen molar-refractivity contribution in [3.63, 3.8) is 0 Å². The van der Waals surface area contributed by atoms with E-state index < -0.39 is 18.0 Å². The maximum Gasteiger partial charge on any atom is 0.163 e. The van der Waals surface area contributed by atoms with Crippen molar-refractivity contribution in [2.45, 2.75) is 44.9 Å². The van der Waals surface area contributed by atoms with Crippen LogP contribution in [0.3, 0.4) is 0 Å². The van der Waals surface area contributed by atoms with Gasteiger partial charge >= 0.3 is 0 Å². The highest BCUT2D eigenvalue weighted by Gasteiger charge is 2.41. The van der Waals surface area contributed by atoms with E-state index in [9.17, 15) is 5.11 Å². The molecule has 0 aliphatic carbocycles. The molecule has 0 spiro atoms. The van der Waals surface area contributed by atoms with Crippen LogP contribution >= 0.6 is 0 Å². The summed E-state index contributed by atoms with van der Waals surface area (Å²) in [6.07, 6.45) is -1.46. The lowest BCUT2D eigenvalue weighted by Gasteiger charge is -2.19. The van der Waals surface area contributed by atoms with E-state index in [0.29, 0.717) is 0 Å². The maximum absolute atomic E-state index is 9.31. The van der Waals surface area contributed by atoms with Gasteiger partial charge < -0.3 is 19.7 Å². The Kier molecular flexibility index (Phi) is 2.73. The molecule has 4 heteroatoms. The highest BCUT2D eigenvalue weighted by Crippen LogP contribution is 2.29. The smallest absolute Gasteiger partial charge is 0.163 e. The van der Waals surface area contributed by atoms with Gasteiger partial charge in [-0.2, -0.15) is 0 Å². The molecule has 1 aliphatic heterocycles. The third-order valence-electron chi connectivity index (χ3n) is 1.92. The Morgan fingerprint density at radius 2 is 2.00 bits per heavy atom. The van der Waals surface area contributed by atoms with Crippen molar-refractivity contribution in [1.29, 1.82) is 0 Å². The van der Waals surface area contributed by atoms with Crippen LogP contribution in [0, 0.1) is 0 Å². The second kappa shape index (κ2) is 3.30. The summed E-state index contributed by atoms with van der Waals surface area (Å²) in [5.74, 6) is -0.653. The molecule has 72 valence electrons. The molecule has 0 unspecified atom stereocenters. The minimum absolute atomic E-state index is 0.179. The Hall–Kier alpha value is -0.160. The Labute approximate surface area is 72.1 Å². The lowest BCUT2D eigenvalue weighted by atomic mass is 10.1. The summed E-state index contributed by atoms with van der Waals surface area (Å²) in [4.78, 5) is 0. The number of aliphatic hydroxyl groups excluding tert-OH is 2. The van der Waals surface area contributed by atoms with Crippen LogP contribution in [0.5, 0.6) is 0 Å². The van der Waals surface area contributed by atoms with Crippen molar-refractivity contribution < 1.29 is 19.7 Å². The number of rotatable bonds is 2. The lowest BCUT2D eigenvalue weighted by molar-refractivity contribution is -0.156. The van der Waals surface area contributed by atoms with Crippen LogP contribution in [0.2, 0.25) is 0 Å². The molecular formula is C8H16O4. The molecule has 1 saturated heterocycles. The predicted molar refractivity (Wildman–Crippen MR) is 42.6 cm³/mol. The van der Waals surface area contributed by atoms with Gasteiger partial charge in [-0.25, -0.2) is 0 Å². The molecule has 1 fully saturated rings. The summed E-state index contributed by atoms with van der Waals surface area (Å²) in [6, 6.07) is 0. The van der Waals surface area contributed by atoms with Gasteiger partial charge in [0.2, 0.25) is 0 Å². The molecule has 12 heavy (non-hydrogen) atoms. The van der Waals surface area contributed by atoms with Crippen LogP contribution in [0.25, 0.3) is 0 Å². The molecule has 0 amide bonds. The van der Waals surface area contributed by atoms with Gasteiger partial charge in [0, 0.05) is 0 Å². The third-order valence-corrected chi connectivity index (χ3v) is 1.92. The number of hydrogen-bond donors (Lipinski definition) is 2. The van der Waals surface area contributed by atoms with Gasteiger partial charge in [0.05, 0.1) is 12.7 Å². The Morgan fingerprint density at radius 1 is 1.42 bits per heavy atom. The van der Waals surface area contributed by atoms with Gasteiger partial charge in [0.15, 0.2) is 5.79 Å². The van der Waals surface area contributed by atoms with Crippen molar-refractivity contribution in [3.8, 4) is 0 Å². The zero-order chi connectivity index (χ0) is 9.35. The normalized spacial score (nSPS) is 36.8. The van der Waals surface area contributed by atoms with E-state index in [4.69, 9.17) is 14.6 Å². The van der Waals surface area contributed by atoms with E-state index in [0.717, 1.165) is 0 Å². The van der Waals surface area contributed by atoms with Gasteiger partial charge in [-0.3, -0.25) is 0 Å². The summed E-state index contributed by atoms with van der Waals surface area (Å²) in [7, 11) is 0. The first-order chi connectivity index (χ1) is 5.46. The molecule has 1 rings (SSSR count). The zero-order valence-electron chi connectivity index (χ0n) is 7.65. The summed E-state index contributed by atoms with van der Waals surface area (Å²) >= 11 is 0. The highest BCUT2D eigenvalue weighted by molar-refractivity contribution is 4.83. The summed E-state index contributed by atoms with van der Waals surface area (Å²) in [6.45, 7) is 5.09. The Morgan fingerprint density at radius 3 is 2.33 bits per heavy atom. The Balaban J connectivity index is 2.57. The molecule has 1 aliphatic rings. The first kappa shape index (κ1) is 9.92. The monoisotopic (exact) mass is 176 g/mol. The molecule has 0 saturated carbocycles. The predicted octanol–water partition coefficient (Wildman–Crippen LogP) is -0.120. The number of hydrogen-bond acceptors (Lipinski definition) is 4. The van der Waals surface area contributed by atoms with Crippen molar-refractivity contribution >= 4 is 0 Å². The van der Waals surface area contributed by atoms with E-state index in [1.807, 2.05) is 6.92 Å². The van der Waals surface area contributed by atoms with Gasteiger partial charge in [-0.05, 0) is 20.8 Å². The summed E-state index contributed by atoms with van der Waals surface area (Å²) in [5.41, 5.74) is 0. The quantitative estimate of drug-likeness (QED) is 0.616. The number of ether oxygens (including phenoxy) is 2. The van der Waals surface area contributed by atoms with E-state index in [1.54, 1.807) is 13.8 Å². The lowest BCUT2D eigenvalue weighted by Crippen LogP contribution is -2.36. The van der Waals surface area contributed by atoms with Crippen molar-refractivity contribution in [2.75, 3.05) is 6.61 Å². The van der Waals surface area contributed by atoms with Crippen LogP contribution in [0.15, 0.2) is 0 Å². The molecule has 0 aromatic rings. The fourth-order valence-corrected chi connectivity index (χ4v) is 1.46. The summed E-state index contributed by atoms with van der Waals surface area (Å²) in [5, 5.41) is 18.0. The standard InChI is InChI=1S/C8H16O4/c1-5-7(6(10)4-9)12-8(2,3)11-5/h5-7,9-10H,4H2,1-3H3/t5-,6+,7-/m0/s1. The van der Waals surface area contributed by atoms with E-state index in [2.05, 4.69) is 0 Å². The van der Waals surface area contributed by atoms with E-state index in [-0.39, 0.29) is 12.7 Å². The van der Waals surface area contributed by atoms with E-state index in [1.165, 1.54) is 0 Å². The first-order valence-corrected chi connectivity index (χ1v) is 4.11. The van der Waals surface area contributed by atoms with E-state index >= 15 is 0 Å². The minimum atomic E-state index is -0.859. The van der Waals surface area contributed by atoms with Gasteiger partial charge in [0.1, 0.15) is 12.2 Å². The topological polar surface area (TPSA) is 58.9 Å². The van der Waals surface area contributed by atoms with Crippen LogP contribution in [0.4, 0.5) is 0 Å². The summed E-state index contributed by atoms with van der Waals surface area (Å²) < 4.78 is 10.8. The van der Waals surface area contributed by atoms with Crippen molar-refractivity contribution in [3.05, 3.63) is 0 Å². The van der Waals surface area contributed by atoms with Gasteiger partial charge in [0.25, 0.3) is 0 Å². The average Bonchev–Trinajstić information content (AvgIpc) is 2.23. The molecule has 0 aromatic carbocycles. The SMILES string of the molecule is C[C@@H]1OC(C)(C)O[C@@H]1[C@H](O)CO. The minimum Gasteiger partial charge on any atom is -0.394 e. The second-order valence-electron chi connectivity index (χ2n) is 3.56. The van der Waals surface area contributed by atoms with Crippen LogP contribution < -0.4 is 0 Å². The van der Waals surface area contributed by atoms with Gasteiger partial charge in [-0.1, -0.05) is 0 Å². The number of aliphatic hydroxyl groups is 2. The fraction of sp³-hybridized carbons (Fsp3) is 1.00. The average molecular weight is 176 g/mol. The molecule has 0 aromatic heterocycles. The largest absolute Gasteiger partial charge is 0.394 e. The molecule has 0 bridgehead atoms. The van der Waals surface area contributed by atoms with Crippen LogP contribution in [-0.2, 0) is 9.47 Å². The molecule has 0 radical (unpaired) electrons. The Bertz CT molecular complexity index is 157. The molecule has 1 heterocycles. The zero-order valence-corrected chi connectivity index (χ0v) is 7.65.